The molecule has 20 heavy (non-hydrogen) atoms. The fourth-order valence-corrected chi connectivity index (χ4v) is 5.87. The third-order valence-electron chi connectivity index (χ3n) is 6.74. The molecule has 0 radical (unpaired) electrons. The highest BCUT2D eigenvalue weighted by Gasteiger charge is 2.60. The van der Waals surface area contributed by atoms with Crippen molar-refractivity contribution in [3.63, 3.8) is 0 Å². The normalized spacial score (nSPS) is 43.5. The molecule has 1 amide bonds. The van der Waals surface area contributed by atoms with Crippen LogP contribution in [0.2, 0.25) is 0 Å². The number of hydrogen-bond donors (Lipinski definition) is 1. The van der Waals surface area contributed by atoms with Gasteiger partial charge in [0, 0.05) is 6.04 Å². The Hall–Kier alpha value is -0.730. The lowest BCUT2D eigenvalue weighted by Crippen LogP contribution is -2.39. The van der Waals surface area contributed by atoms with Gasteiger partial charge in [0.1, 0.15) is 6.10 Å². The van der Waals surface area contributed by atoms with Crippen molar-refractivity contribution >= 4 is 6.09 Å². The number of carbonyl (C=O) groups excluding carboxylic acids is 1. The molecule has 0 aromatic rings. The van der Waals surface area contributed by atoms with Crippen molar-refractivity contribution < 1.29 is 9.53 Å². The third-order valence-corrected chi connectivity index (χ3v) is 6.74. The first-order valence-corrected chi connectivity index (χ1v) is 8.74. The summed E-state index contributed by atoms with van der Waals surface area (Å²) in [5.41, 5.74) is 0.570. The summed E-state index contributed by atoms with van der Waals surface area (Å²) in [7, 11) is 0. The molecule has 3 nitrogen and oxygen atoms in total. The van der Waals surface area contributed by atoms with Gasteiger partial charge in [-0.15, -0.1) is 0 Å². The fourth-order valence-electron chi connectivity index (χ4n) is 5.87. The van der Waals surface area contributed by atoms with E-state index < -0.39 is 0 Å². The number of nitrogens with one attached hydrogen (secondary N) is 1. The monoisotopic (exact) mass is 277 g/mol. The van der Waals surface area contributed by atoms with Gasteiger partial charge in [-0.1, -0.05) is 25.7 Å². The van der Waals surface area contributed by atoms with E-state index in [1.165, 1.54) is 51.4 Å². The van der Waals surface area contributed by atoms with Crippen molar-refractivity contribution in [2.45, 2.75) is 82.8 Å². The zero-order valence-electron chi connectivity index (χ0n) is 12.4. The van der Waals surface area contributed by atoms with E-state index in [1.54, 1.807) is 0 Å². The first-order chi connectivity index (χ1) is 9.77. The molecule has 4 fully saturated rings. The van der Waals surface area contributed by atoms with Crippen LogP contribution in [0.4, 0.5) is 4.79 Å². The molecule has 0 aromatic carbocycles. The van der Waals surface area contributed by atoms with Crippen molar-refractivity contribution in [2.75, 3.05) is 0 Å². The minimum atomic E-state index is -0.135. The average Bonchev–Trinajstić information content (AvgIpc) is 3.04. The Balaban J connectivity index is 1.33. The van der Waals surface area contributed by atoms with E-state index in [-0.39, 0.29) is 12.2 Å². The zero-order valence-corrected chi connectivity index (χ0v) is 12.4. The van der Waals surface area contributed by atoms with Crippen molar-refractivity contribution in [1.82, 2.24) is 5.32 Å². The lowest BCUT2D eigenvalue weighted by Gasteiger charge is -2.29. The molecule has 4 atom stereocenters. The lowest BCUT2D eigenvalue weighted by atomic mass is 9.80. The zero-order chi connectivity index (χ0) is 13.6. The molecule has 0 spiro atoms. The fraction of sp³-hybridized carbons (Fsp3) is 0.941. The van der Waals surface area contributed by atoms with Gasteiger partial charge in [0.2, 0.25) is 0 Å². The van der Waals surface area contributed by atoms with Gasteiger partial charge < -0.3 is 10.1 Å². The highest BCUT2D eigenvalue weighted by molar-refractivity contribution is 5.68. The summed E-state index contributed by atoms with van der Waals surface area (Å²) in [5, 5.41) is 3.11. The Morgan fingerprint density at radius 3 is 2.65 bits per heavy atom. The topological polar surface area (TPSA) is 38.3 Å². The third kappa shape index (κ3) is 2.05. The van der Waals surface area contributed by atoms with Crippen LogP contribution in [0.25, 0.3) is 0 Å². The molecule has 4 aliphatic carbocycles. The van der Waals surface area contributed by atoms with Gasteiger partial charge in [-0.2, -0.15) is 0 Å². The molecule has 4 aliphatic rings. The molecule has 0 unspecified atom stereocenters. The van der Waals surface area contributed by atoms with Gasteiger partial charge in [0.05, 0.1) is 0 Å². The highest BCUT2D eigenvalue weighted by atomic mass is 16.6. The standard InChI is InChI=1S/C17H27NO2/c19-16(18-12-5-2-1-3-6-12)20-15-11-17-9-4-7-14(17)13(15)8-10-17/h12-15H,1-11H2,(H,18,19)/t13-,14+,15-,17-/m0/s1. The number of hydrogen-bond acceptors (Lipinski definition) is 2. The smallest absolute Gasteiger partial charge is 0.407 e. The molecule has 0 heterocycles. The van der Waals surface area contributed by atoms with E-state index in [2.05, 4.69) is 5.32 Å². The molecule has 4 rings (SSSR count). The van der Waals surface area contributed by atoms with Gasteiger partial charge in [0.15, 0.2) is 0 Å². The van der Waals surface area contributed by atoms with Crippen LogP contribution in [0.15, 0.2) is 0 Å². The van der Waals surface area contributed by atoms with E-state index in [0.717, 1.165) is 25.2 Å². The van der Waals surface area contributed by atoms with Crippen molar-refractivity contribution in [3.8, 4) is 0 Å². The lowest BCUT2D eigenvalue weighted by molar-refractivity contribution is 0.0488. The van der Waals surface area contributed by atoms with Crippen LogP contribution in [0, 0.1) is 17.3 Å². The Kier molecular flexibility index (Phi) is 3.19. The quantitative estimate of drug-likeness (QED) is 0.828. The SMILES string of the molecule is O=C(NC1CCCCC1)O[C@H]1C[C@@]23CCC[C@@H]2[C@@H]1CC3. The maximum atomic E-state index is 12.1. The molecule has 0 saturated heterocycles. The molecule has 0 aliphatic heterocycles. The van der Waals surface area contributed by atoms with Crippen LogP contribution >= 0.6 is 0 Å². The first kappa shape index (κ1) is 13.0. The molecule has 112 valence electrons. The van der Waals surface area contributed by atoms with Crippen LogP contribution in [0.5, 0.6) is 0 Å². The van der Waals surface area contributed by atoms with Crippen molar-refractivity contribution in [2.24, 2.45) is 17.3 Å². The Bertz CT molecular complexity index is 386. The summed E-state index contributed by atoms with van der Waals surface area (Å²) in [6.45, 7) is 0. The van der Waals surface area contributed by atoms with E-state index >= 15 is 0 Å². The summed E-state index contributed by atoms with van der Waals surface area (Å²) >= 11 is 0. The van der Waals surface area contributed by atoms with Gasteiger partial charge in [-0.25, -0.2) is 4.79 Å². The molecule has 3 heteroatoms. The summed E-state index contributed by atoms with van der Waals surface area (Å²) in [6.07, 6.45) is 14.2. The first-order valence-electron chi connectivity index (χ1n) is 8.74. The van der Waals surface area contributed by atoms with E-state index in [0.29, 0.717) is 17.4 Å². The minimum absolute atomic E-state index is 0.135. The molecule has 2 bridgehead atoms. The van der Waals surface area contributed by atoms with E-state index in [9.17, 15) is 4.79 Å². The number of ether oxygens (including phenoxy) is 1. The van der Waals surface area contributed by atoms with Crippen molar-refractivity contribution in [3.05, 3.63) is 0 Å². The summed E-state index contributed by atoms with van der Waals surface area (Å²) < 4.78 is 5.83. The number of amides is 1. The maximum absolute atomic E-state index is 12.1. The van der Waals surface area contributed by atoms with E-state index in [4.69, 9.17) is 4.74 Å². The summed E-state index contributed by atoms with van der Waals surface area (Å²) in [4.78, 5) is 12.1. The van der Waals surface area contributed by atoms with Crippen LogP contribution < -0.4 is 5.32 Å². The van der Waals surface area contributed by atoms with Crippen LogP contribution in [-0.4, -0.2) is 18.2 Å². The largest absolute Gasteiger partial charge is 0.446 e. The minimum Gasteiger partial charge on any atom is -0.446 e. The van der Waals surface area contributed by atoms with Gasteiger partial charge in [-0.05, 0) is 62.2 Å². The predicted molar refractivity (Wildman–Crippen MR) is 77.4 cm³/mol. The van der Waals surface area contributed by atoms with Crippen LogP contribution in [0.3, 0.4) is 0 Å². The second kappa shape index (κ2) is 4.92. The second-order valence-electron chi connectivity index (χ2n) is 7.69. The van der Waals surface area contributed by atoms with Crippen LogP contribution in [-0.2, 0) is 4.74 Å². The predicted octanol–water partition coefficient (Wildman–Crippen LogP) is 4.01. The van der Waals surface area contributed by atoms with Gasteiger partial charge >= 0.3 is 6.09 Å². The second-order valence-corrected chi connectivity index (χ2v) is 7.69. The Morgan fingerprint density at radius 1 is 1.00 bits per heavy atom. The molecule has 0 aromatic heterocycles. The van der Waals surface area contributed by atoms with Gasteiger partial charge in [-0.3, -0.25) is 0 Å². The Morgan fingerprint density at radius 2 is 1.85 bits per heavy atom. The average molecular weight is 277 g/mol. The summed E-state index contributed by atoms with van der Waals surface area (Å²) in [5.74, 6) is 1.55. The highest BCUT2D eigenvalue weighted by Crippen LogP contribution is 2.66. The van der Waals surface area contributed by atoms with Gasteiger partial charge in [0.25, 0.3) is 0 Å². The molecular formula is C17H27NO2. The number of rotatable bonds is 2. The number of alkyl carbamates (subject to hydrolysis) is 1. The number of carbonyl (C=O) groups is 1. The Labute approximate surface area is 121 Å². The summed E-state index contributed by atoms with van der Waals surface area (Å²) in [6, 6.07) is 0.368. The maximum Gasteiger partial charge on any atom is 0.407 e. The molecule has 1 N–H and O–H groups in total. The van der Waals surface area contributed by atoms with E-state index in [1.807, 2.05) is 0 Å². The molecule has 4 saturated carbocycles. The molecular weight excluding hydrogens is 250 g/mol. The van der Waals surface area contributed by atoms with Crippen LogP contribution in [0.1, 0.15) is 70.6 Å². The van der Waals surface area contributed by atoms with Crippen molar-refractivity contribution in [1.29, 1.82) is 0 Å².